The van der Waals surface area contributed by atoms with Crippen LogP contribution in [0.2, 0.25) is 0 Å². The van der Waals surface area contributed by atoms with Crippen molar-refractivity contribution in [2.45, 2.75) is 19.4 Å². The quantitative estimate of drug-likeness (QED) is 0.860. The highest BCUT2D eigenvalue weighted by Gasteiger charge is 2.10. The van der Waals surface area contributed by atoms with Crippen molar-refractivity contribution < 1.29 is 0 Å². The van der Waals surface area contributed by atoms with Crippen LogP contribution in [-0.4, -0.2) is 9.97 Å². The lowest BCUT2D eigenvalue weighted by atomic mass is 10.1. The molecule has 1 unspecified atom stereocenters. The molecular formula is C11H13N3S. The average Bonchev–Trinajstić information content (AvgIpc) is 2.66. The van der Waals surface area contributed by atoms with Gasteiger partial charge in [0.25, 0.3) is 0 Å². The van der Waals surface area contributed by atoms with Gasteiger partial charge < -0.3 is 5.73 Å². The third-order valence-corrected chi connectivity index (χ3v) is 3.20. The zero-order valence-electron chi connectivity index (χ0n) is 8.55. The Labute approximate surface area is 93.0 Å². The van der Waals surface area contributed by atoms with Crippen LogP contribution in [0.25, 0.3) is 0 Å². The van der Waals surface area contributed by atoms with E-state index in [0.717, 1.165) is 22.0 Å². The minimum atomic E-state index is 0.00565. The summed E-state index contributed by atoms with van der Waals surface area (Å²) < 4.78 is 0. The van der Waals surface area contributed by atoms with Crippen LogP contribution in [0.1, 0.15) is 21.6 Å². The van der Waals surface area contributed by atoms with E-state index in [2.05, 4.69) is 9.97 Å². The number of thiazole rings is 1. The molecule has 0 aliphatic rings. The second-order valence-corrected chi connectivity index (χ2v) is 4.68. The van der Waals surface area contributed by atoms with Gasteiger partial charge in [0.15, 0.2) is 0 Å². The Morgan fingerprint density at radius 3 is 2.87 bits per heavy atom. The van der Waals surface area contributed by atoms with Gasteiger partial charge in [0, 0.05) is 35.4 Å². The molecule has 2 aromatic heterocycles. The zero-order chi connectivity index (χ0) is 10.7. The number of hydrogen-bond acceptors (Lipinski definition) is 4. The van der Waals surface area contributed by atoms with E-state index < -0.39 is 0 Å². The summed E-state index contributed by atoms with van der Waals surface area (Å²) >= 11 is 1.65. The van der Waals surface area contributed by atoms with Crippen molar-refractivity contribution in [3.63, 3.8) is 0 Å². The van der Waals surface area contributed by atoms with Gasteiger partial charge in [0.1, 0.15) is 0 Å². The van der Waals surface area contributed by atoms with Gasteiger partial charge in [0.2, 0.25) is 0 Å². The number of aromatic nitrogens is 2. The molecule has 4 heteroatoms. The van der Waals surface area contributed by atoms with Crippen LogP contribution >= 0.6 is 11.3 Å². The first kappa shape index (κ1) is 10.3. The van der Waals surface area contributed by atoms with Gasteiger partial charge in [-0.05, 0) is 19.1 Å². The molecule has 0 saturated carbocycles. The average molecular weight is 219 g/mol. The fourth-order valence-corrected chi connectivity index (χ4v) is 2.18. The molecule has 0 amide bonds. The summed E-state index contributed by atoms with van der Waals surface area (Å²) in [5.41, 5.74) is 7.09. The standard InChI is InChI=1S/C11H13N3S/c1-8-14-7-11(15-8)10(12)6-9-4-2-3-5-13-9/h2-5,7,10H,6,12H2,1H3. The molecule has 0 fully saturated rings. The summed E-state index contributed by atoms with van der Waals surface area (Å²) in [6.07, 6.45) is 4.41. The normalized spacial score (nSPS) is 12.7. The van der Waals surface area contributed by atoms with E-state index in [1.807, 2.05) is 31.3 Å². The minimum Gasteiger partial charge on any atom is -0.323 e. The maximum absolute atomic E-state index is 6.07. The lowest BCUT2D eigenvalue weighted by Gasteiger charge is -2.07. The molecule has 2 aromatic rings. The van der Waals surface area contributed by atoms with Gasteiger partial charge >= 0.3 is 0 Å². The first-order chi connectivity index (χ1) is 7.25. The number of aryl methyl sites for hydroxylation is 1. The van der Waals surface area contributed by atoms with E-state index in [1.165, 1.54) is 0 Å². The van der Waals surface area contributed by atoms with Crippen molar-refractivity contribution in [3.8, 4) is 0 Å². The van der Waals surface area contributed by atoms with Gasteiger partial charge in [-0.25, -0.2) is 4.98 Å². The molecule has 2 N–H and O–H groups in total. The zero-order valence-corrected chi connectivity index (χ0v) is 9.37. The second kappa shape index (κ2) is 4.51. The van der Waals surface area contributed by atoms with Crippen molar-refractivity contribution in [2.75, 3.05) is 0 Å². The van der Waals surface area contributed by atoms with E-state index in [1.54, 1.807) is 17.5 Å². The minimum absolute atomic E-state index is 0.00565. The Morgan fingerprint density at radius 2 is 2.27 bits per heavy atom. The molecule has 15 heavy (non-hydrogen) atoms. The summed E-state index contributed by atoms with van der Waals surface area (Å²) in [4.78, 5) is 9.58. The van der Waals surface area contributed by atoms with Gasteiger partial charge in [-0.2, -0.15) is 0 Å². The molecule has 2 heterocycles. The van der Waals surface area contributed by atoms with E-state index in [9.17, 15) is 0 Å². The van der Waals surface area contributed by atoms with E-state index in [4.69, 9.17) is 5.73 Å². The predicted molar refractivity (Wildman–Crippen MR) is 61.7 cm³/mol. The monoisotopic (exact) mass is 219 g/mol. The largest absolute Gasteiger partial charge is 0.323 e. The predicted octanol–water partition coefficient (Wildman–Crippen LogP) is 2.09. The third kappa shape index (κ3) is 2.61. The van der Waals surface area contributed by atoms with Crippen molar-refractivity contribution in [2.24, 2.45) is 5.73 Å². The Bertz CT molecular complexity index is 424. The first-order valence-electron chi connectivity index (χ1n) is 4.83. The van der Waals surface area contributed by atoms with Crippen LogP contribution in [0, 0.1) is 6.92 Å². The highest BCUT2D eigenvalue weighted by molar-refractivity contribution is 7.11. The number of rotatable bonds is 3. The maximum Gasteiger partial charge on any atom is 0.0897 e. The molecule has 0 aliphatic heterocycles. The maximum atomic E-state index is 6.07. The molecule has 0 aromatic carbocycles. The molecule has 3 nitrogen and oxygen atoms in total. The second-order valence-electron chi connectivity index (χ2n) is 3.41. The topological polar surface area (TPSA) is 51.8 Å². The van der Waals surface area contributed by atoms with Crippen molar-refractivity contribution >= 4 is 11.3 Å². The number of pyridine rings is 1. The fourth-order valence-electron chi connectivity index (χ4n) is 1.39. The molecular weight excluding hydrogens is 206 g/mol. The van der Waals surface area contributed by atoms with E-state index >= 15 is 0 Å². The lowest BCUT2D eigenvalue weighted by Crippen LogP contribution is -2.12. The van der Waals surface area contributed by atoms with Gasteiger partial charge in [0.05, 0.1) is 5.01 Å². The summed E-state index contributed by atoms with van der Waals surface area (Å²) in [6.45, 7) is 1.99. The first-order valence-corrected chi connectivity index (χ1v) is 5.65. The summed E-state index contributed by atoms with van der Waals surface area (Å²) in [5, 5.41) is 1.06. The van der Waals surface area contributed by atoms with Crippen LogP contribution in [-0.2, 0) is 6.42 Å². The van der Waals surface area contributed by atoms with Crippen molar-refractivity contribution in [3.05, 3.63) is 46.2 Å². The number of nitrogens with zero attached hydrogens (tertiary/aromatic N) is 2. The molecule has 78 valence electrons. The molecule has 0 radical (unpaired) electrons. The molecule has 0 saturated heterocycles. The van der Waals surface area contributed by atoms with Crippen LogP contribution in [0.3, 0.4) is 0 Å². The SMILES string of the molecule is Cc1ncc(C(N)Cc2ccccn2)s1. The molecule has 0 bridgehead atoms. The molecule has 0 spiro atoms. The van der Waals surface area contributed by atoms with Crippen LogP contribution in [0.4, 0.5) is 0 Å². The molecule has 0 aliphatic carbocycles. The third-order valence-electron chi connectivity index (χ3n) is 2.16. The number of hydrogen-bond donors (Lipinski definition) is 1. The smallest absolute Gasteiger partial charge is 0.0897 e. The lowest BCUT2D eigenvalue weighted by molar-refractivity contribution is 0.718. The molecule has 1 atom stereocenters. The van der Waals surface area contributed by atoms with Gasteiger partial charge in [-0.15, -0.1) is 11.3 Å². The van der Waals surface area contributed by atoms with E-state index in [0.29, 0.717) is 0 Å². The Kier molecular flexibility index (Phi) is 3.08. The Balaban J connectivity index is 2.07. The van der Waals surface area contributed by atoms with Crippen molar-refractivity contribution in [1.82, 2.24) is 9.97 Å². The summed E-state index contributed by atoms with van der Waals surface area (Å²) in [6, 6.07) is 5.89. The van der Waals surface area contributed by atoms with Crippen LogP contribution in [0.15, 0.2) is 30.6 Å². The van der Waals surface area contributed by atoms with Gasteiger partial charge in [-0.1, -0.05) is 6.07 Å². The van der Waals surface area contributed by atoms with Crippen LogP contribution in [0.5, 0.6) is 0 Å². The number of nitrogens with two attached hydrogens (primary N) is 1. The Morgan fingerprint density at radius 1 is 1.40 bits per heavy atom. The Hall–Kier alpha value is -1.26. The van der Waals surface area contributed by atoms with Crippen LogP contribution < -0.4 is 5.73 Å². The summed E-state index contributed by atoms with van der Waals surface area (Å²) in [7, 11) is 0. The van der Waals surface area contributed by atoms with Crippen molar-refractivity contribution in [1.29, 1.82) is 0 Å². The highest BCUT2D eigenvalue weighted by atomic mass is 32.1. The summed E-state index contributed by atoms with van der Waals surface area (Å²) in [5.74, 6) is 0. The fraction of sp³-hybridized carbons (Fsp3) is 0.273. The molecule has 2 rings (SSSR count). The van der Waals surface area contributed by atoms with E-state index in [-0.39, 0.29) is 6.04 Å². The highest BCUT2D eigenvalue weighted by Crippen LogP contribution is 2.20. The van der Waals surface area contributed by atoms with Gasteiger partial charge in [-0.3, -0.25) is 4.98 Å².